The first kappa shape index (κ1) is 12.7. The highest BCUT2D eigenvalue weighted by Crippen LogP contribution is 2.24. The van der Waals surface area contributed by atoms with Crippen molar-refractivity contribution in [3.05, 3.63) is 72.6 Å². The number of nitrogens with one attached hydrogen (secondary N) is 1. The van der Waals surface area contributed by atoms with Gasteiger partial charge in [-0.1, -0.05) is 36.4 Å². The van der Waals surface area contributed by atoms with Gasteiger partial charge in [-0.3, -0.25) is 4.98 Å². The maximum atomic E-state index is 4.39. The van der Waals surface area contributed by atoms with Gasteiger partial charge in [-0.2, -0.15) is 10.2 Å². The molecule has 0 amide bonds. The van der Waals surface area contributed by atoms with Gasteiger partial charge in [-0.15, -0.1) is 0 Å². The van der Waals surface area contributed by atoms with Crippen LogP contribution in [0.1, 0.15) is 5.56 Å². The van der Waals surface area contributed by atoms with Gasteiger partial charge >= 0.3 is 0 Å². The molecule has 0 aliphatic rings. The topological polar surface area (TPSA) is 53.4 Å². The Balaban J connectivity index is 1.64. The lowest BCUT2D eigenvalue weighted by molar-refractivity contribution is 0.968. The number of aromatic nitrogens is 2. The molecular formula is C18H14N4. The molecular weight excluding hydrogens is 272 g/mol. The second-order valence-corrected chi connectivity index (χ2v) is 5.11. The van der Waals surface area contributed by atoms with Crippen LogP contribution in [0.15, 0.2) is 77.2 Å². The molecule has 4 nitrogen and oxygen atoms in total. The quantitative estimate of drug-likeness (QED) is 0.529. The van der Waals surface area contributed by atoms with Gasteiger partial charge < -0.3 is 4.98 Å². The second kappa shape index (κ2) is 5.41. The zero-order valence-corrected chi connectivity index (χ0v) is 11.9. The fourth-order valence-corrected chi connectivity index (χ4v) is 2.62. The molecule has 2 aromatic heterocycles. The summed E-state index contributed by atoms with van der Waals surface area (Å²) in [7, 11) is 0. The Morgan fingerprint density at radius 2 is 1.86 bits per heavy atom. The van der Waals surface area contributed by atoms with Crippen molar-refractivity contribution in [1.29, 1.82) is 0 Å². The Kier molecular flexibility index (Phi) is 3.12. The van der Waals surface area contributed by atoms with Crippen molar-refractivity contribution >= 4 is 27.5 Å². The second-order valence-electron chi connectivity index (χ2n) is 5.11. The molecule has 2 aromatic carbocycles. The molecule has 0 radical (unpaired) electrons. The average molecular weight is 286 g/mol. The van der Waals surface area contributed by atoms with Crippen LogP contribution in [-0.2, 0) is 6.54 Å². The van der Waals surface area contributed by atoms with Crippen molar-refractivity contribution in [2.45, 2.75) is 6.54 Å². The first-order chi connectivity index (χ1) is 10.9. The number of fused-ring (bicyclic) bond motifs is 2. The minimum atomic E-state index is 0.549. The van der Waals surface area contributed by atoms with Crippen molar-refractivity contribution in [3.63, 3.8) is 0 Å². The normalized spacial score (nSPS) is 11.6. The monoisotopic (exact) mass is 286 g/mol. The first-order valence-electron chi connectivity index (χ1n) is 7.18. The van der Waals surface area contributed by atoms with E-state index in [1.165, 1.54) is 5.39 Å². The third-order valence-corrected chi connectivity index (χ3v) is 3.71. The van der Waals surface area contributed by atoms with Crippen LogP contribution in [0.3, 0.4) is 0 Å². The zero-order chi connectivity index (χ0) is 14.8. The Bertz CT molecular complexity index is 964. The lowest BCUT2D eigenvalue weighted by atomic mass is 10.2. The van der Waals surface area contributed by atoms with E-state index in [9.17, 15) is 0 Å². The Morgan fingerprint density at radius 3 is 2.86 bits per heavy atom. The molecule has 4 heteroatoms. The summed E-state index contributed by atoms with van der Waals surface area (Å²) in [5.74, 6) is 0. The maximum Gasteiger partial charge on any atom is 0.111 e. The smallest absolute Gasteiger partial charge is 0.111 e. The van der Waals surface area contributed by atoms with E-state index in [0.29, 0.717) is 6.54 Å². The third kappa shape index (κ3) is 2.24. The number of benzene rings is 2. The number of nitrogens with zero attached hydrogens (tertiary/aromatic N) is 3. The van der Waals surface area contributed by atoms with Gasteiger partial charge in [0.15, 0.2) is 0 Å². The van der Waals surface area contributed by atoms with Crippen molar-refractivity contribution < 1.29 is 0 Å². The number of H-pyrrole nitrogens is 1. The van der Waals surface area contributed by atoms with Crippen LogP contribution in [0.4, 0.5) is 5.69 Å². The van der Waals surface area contributed by atoms with Crippen LogP contribution in [-0.4, -0.2) is 9.97 Å². The number of rotatable bonds is 3. The van der Waals surface area contributed by atoms with Gasteiger partial charge in [-0.25, -0.2) is 0 Å². The van der Waals surface area contributed by atoms with E-state index < -0.39 is 0 Å². The van der Waals surface area contributed by atoms with Gasteiger partial charge in [0.2, 0.25) is 0 Å². The molecule has 0 unspecified atom stereocenters. The predicted molar refractivity (Wildman–Crippen MR) is 88.3 cm³/mol. The molecule has 4 aromatic rings. The summed E-state index contributed by atoms with van der Waals surface area (Å²) < 4.78 is 0. The van der Waals surface area contributed by atoms with Gasteiger partial charge in [0.25, 0.3) is 0 Å². The predicted octanol–water partition coefficient (Wildman–Crippen LogP) is 5.00. The van der Waals surface area contributed by atoms with E-state index in [4.69, 9.17) is 0 Å². The summed E-state index contributed by atoms with van der Waals surface area (Å²) >= 11 is 0. The number of hydrogen-bond acceptors (Lipinski definition) is 3. The van der Waals surface area contributed by atoms with Crippen molar-refractivity contribution in [3.8, 4) is 0 Å². The van der Waals surface area contributed by atoms with E-state index in [-0.39, 0.29) is 0 Å². The molecule has 0 atom stereocenters. The highest BCUT2D eigenvalue weighted by Gasteiger charge is 2.02. The standard InChI is InChI=1S/C18H14N4/c1-2-8-16-15(7-1)14(11-20-16)12-21-22-17-9-3-5-13-6-4-10-19-18(13)17/h1-11,20H,12H2. The lowest BCUT2D eigenvalue weighted by Gasteiger charge is -1.99. The molecule has 106 valence electrons. The average Bonchev–Trinajstić information content (AvgIpc) is 2.99. The first-order valence-corrected chi connectivity index (χ1v) is 7.18. The largest absolute Gasteiger partial charge is 0.361 e. The molecule has 22 heavy (non-hydrogen) atoms. The van der Waals surface area contributed by atoms with E-state index in [0.717, 1.165) is 27.7 Å². The summed E-state index contributed by atoms with van der Waals surface area (Å²) in [4.78, 5) is 7.64. The Morgan fingerprint density at radius 1 is 0.955 bits per heavy atom. The fourth-order valence-electron chi connectivity index (χ4n) is 2.62. The minimum absolute atomic E-state index is 0.549. The Hall–Kier alpha value is -3.01. The Labute approximate surface area is 127 Å². The van der Waals surface area contributed by atoms with Crippen LogP contribution in [0, 0.1) is 0 Å². The molecule has 1 N–H and O–H groups in total. The summed E-state index contributed by atoms with van der Waals surface area (Å²) in [6, 6.07) is 18.1. The SMILES string of the molecule is c1cnc2c(N=NCc3c[nH]c4ccccc34)cccc2c1. The molecule has 0 aliphatic carbocycles. The van der Waals surface area contributed by atoms with Crippen LogP contribution >= 0.6 is 0 Å². The van der Waals surface area contributed by atoms with Crippen LogP contribution in [0.5, 0.6) is 0 Å². The molecule has 0 fully saturated rings. The van der Waals surface area contributed by atoms with E-state index in [1.807, 2.05) is 48.7 Å². The van der Waals surface area contributed by atoms with Crippen LogP contribution in [0.2, 0.25) is 0 Å². The zero-order valence-electron chi connectivity index (χ0n) is 11.9. The molecule has 0 saturated carbocycles. The van der Waals surface area contributed by atoms with Crippen molar-refractivity contribution in [2.75, 3.05) is 0 Å². The maximum absolute atomic E-state index is 4.39. The molecule has 0 spiro atoms. The fraction of sp³-hybridized carbons (Fsp3) is 0.0556. The van der Waals surface area contributed by atoms with E-state index >= 15 is 0 Å². The minimum Gasteiger partial charge on any atom is -0.361 e. The number of para-hydroxylation sites is 2. The summed E-state index contributed by atoms with van der Waals surface area (Å²) in [6.07, 6.45) is 3.77. The van der Waals surface area contributed by atoms with Gasteiger partial charge in [-0.05, 0) is 18.2 Å². The molecule has 0 saturated heterocycles. The number of hydrogen-bond donors (Lipinski definition) is 1. The van der Waals surface area contributed by atoms with Crippen LogP contribution < -0.4 is 0 Å². The summed E-state index contributed by atoms with van der Waals surface area (Å²) in [6.45, 7) is 0.549. The van der Waals surface area contributed by atoms with Crippen molar-refractivity contribution in [1.82, 2.24) is 9.97 Å². The number of azo groups is 1. The van der Waals surface area contributed by atoms with Gasteiger partial charge in [0.05, 0.1) is 12.1 Å². The van der Waals surface area contributed by atoms with Gasteiger partial charge in [0.1, 0.15) is 5.69 Å². The number of pyridine rings is 1. The summed E-state index contributed by atoms with van der Waals surface area (Å²) in [5, 5.41) is 11.0. The van der Waals surface area contributed by atoms with E-state index in [2.05, 4.69) is 32.3 Å². The van der Waals surface area contributed by atoms with E-state index in [1.54, 1.807) is 6.20 Å². The molecule has 4 rings (SSSR count). The van der Waals surface area contributed by atoms with Crippen LogP contribution in [0.25, 0.3) is 21.8 Å². The molecule has 0 aliphatic heterocycles. The third-order valence-electron chi connectivity index (χ3n) is 3.71. The van der Waals surface area contributed by atoms with Crippen molar-refractivity contribution in [2.24, 2.45) is 10.2 Å². The lowest BCUT2D eigenvalue weighted by Crippen LogP contribution is -1.79. The summed E-state index contributed by atoms with van der Waals surface area (Å²) in [5.41, 5.74) is 3.96. The highest BCUT2D eigenvalue weighted by molar-refractivity contribution is 5.88. The highest BCUT2D eigenvalue weighted by atomic mass is 15.1. The number of aromatic amines is 1. The van der Waals surface area contributed by atoms with Gasteiger partial charge in [0, 0.05) is 34.2 Å². The molecule has 2 heterocycles. The molecule has 0 bridgehead atoms.